The van der Waals surface area contributed by atoms with Crippen molar-refractivity contribution in [3.8, 4) is 0 Å². The first-order valence-corrected chi connectivity index (χ1v) is 14.9. The fourth-order valence-corrected chi connectivity index (χ4v) is 8.58. The number of nitrogens with zero attached hydrogens (tertiary/aromatic N) is 4. The maximum absolute atomic E-state index is 13.9. The molecule has 0 bridgehead atoms. The monoisotopic (exact) mass is 540 g/mol. The number of halogens is 1. The molecule has 11 heteroatoms. The van der Waals surface area contributed by atoms with Crippen LogP contribution in [0.5, 0.6) is 0 Å². The molecule has 1 aliphatic rings. The van der Waals surface area contributed by atoms with Crippen LogP contribution in [-0.2, 0) is 14.8 Å². The predicted octanol–water partition coefficient (Wildman–Crippen LogP) is 4.85. The van der Waals surface area contributed by atoms with E-state index in [9.17, 15) is 13.2 Å². The highest BCUT2D eigenvalue weighted by Crippen LogP contribution is 2.35. The normalized spacial score (nSPS) is 17.1. The van der Waals surface area contributed by atoms with Crippen LogP contribution < -0.4 is 4.90 Å². The number of amides is 1. The second kappa shape index (κ2) is 10.6. The quantitative estimate of drug-likeness (QED) is 0.388. The Morgan fingerprint density at radius 1 is 1.18 bits per heavy atom. The van der Waals surface area contributed by atoms with E-state index >= 15 is 0 Å². The number of likely N-dealkylation sites (N-methyl/N-ethyl adjacent to an activating group) is 1. The molecule has 7 nitrogen and oxygen atoms in total. The number of hydrogen-bond donors (Lipinski definition) is 0. The zero-order valence-corrected chi connectivity index (χ0v) is 22.7. The van der Waals surface area contributed by atoms with Gasteiger partial charge in [0.2, 0.25) is 5.91 Å². The zero-order chi connectivity index (χ0) is 24.5. The van der Waals surface area contributed by atoms with E-state index < -0.39 is 16.1 Å². The molecule has 0 aliphatic carbocycles. The summed E-state index contributed by atoms with van der Waals surface area (Å²) in [6.07, 6.45) is 1.13. The van der Waals surface area contributed by atoms with Gasteiger partial charge in [-0.05, 0) is 62.7 Å². The standard InChI is InChI=1S/C23H29ClN4O3S3/c1-4-26(5-2)13-14-27(23-25-17-9-8-16(3)15-19(17)32-23)22(29)18-7-6-12-28(18)34(30,31)21-11-10-20(24)33-21/h8-11,15,18H,4-7,12-14H2,1-3H3. The number of sulfonamides is 1. The number of fused-ring (bicyclic) bond motifs is 1. The number of carbonyl (C=O) groups excluding carboxylic acids is 1. The Morgan fingerprint density at radius 2 is 1.94 bits per heavy atom. The third-order valence-corrected chi connectivity index (χ3v) is 10.8. The van der Waals surface area contributed by atoms with E-state index in [1.165, 1.54) is 21.7 Å². The van der Waals surface area contributed by atoms with Gasteiger partial charge in [0.1, 0.15) is 10.3 Å². The molecule has 1 amide bonds. The van der Waals surface area contributed by atoms with Crippen molar-refractivity contribution in [3.63, 3.8) is 0 Å². The van der Waals surface area contributed by atoms with Crippen LogP contribution in [0.3, 0.4) is 0 Å². The van der Waals surface area contributed by atoms with Crippen LogP contribution in [0.1, 0.15) is 32.3 Å². The second-order valence-electron chi connectivity index (χ2n) is 8.32. The van der Waals surface area contributed by atoms with Crippen LogP contribution in [-0.4, -0.2) is 67.3 Å². The minimum atomic E-state index is -3.81. The molecule has 0 radical (unpaired) electrons. The van der Waals surface area contributed by atoms with Crippen LogP contribution in [0.4, 0.5) is 5.13 Å². The minimum Gasteiger partial charge on any atom is -0.302 e. The van der Waals surface area contributed by atoms with Crippen LogP contribution >= 0.6 is 34.3 Å². The van der Waals surface area contributed by atoms with E-state index in [1.54, 1.807) is 11.0 Å². The van der Waals surface area contributed by atoms with Crippen LogP contribution in [0.15, 0.2) is 34.5 Å². The third-order valence-electron chi connectivity index (χ3n) is 6.16. The van der Waals surface area contributed by atoms with Crippen LogP contribution in [0, 0.1) is 6.92 Å². The molecular weight excluding hydrogens is 512 g/mol. The Kier molecular flexibility index (Phi) is 7.95. The molecule has 2 aromatic heterocycles. The van der Waals surface area contributed by atoms with Crippen molar-refractivity contribution < 1.29 is 13.2 Å². The molecule has 1 atom stereocenters. The van der Waals surface area contributed by atoms with Crippen molar-refractivity contribution in [1.82, 2.24) is 14.2 Å². The molecule has 0 spiro atoms. The number of aryl methyl sites for hydroxylation is 1. The van der Waals surface area contributed by atoms with E-state index in [0.29, 0.717) is 41.9 Å². The maximum Gasteiger partial charge on any atom is 0.253 e. The molecule has 1 saturated heterocycles. The fourth-order valence-electron chi connectivity index (χ4n) is 4.22. The molecular formula is C23H29ClN4O3S3. The third kappa shape index (κ3) is 5.17. The number of benzene rings is 1. The summed E-state index contributed by atoms with van der Waals surface area (Å²) in [7, 11) is -3.81. The molecule has 1 unspecified atom stereocenters. The van der Waals surface area contributed by atoms with Crippen molar-refractivity contribution in [3.05, 3.63) is 40.2 Å². The van der Waals surface area contributed by atoms with Gasteiger partial charge in [-0.1, -0.05) is 42.9 Å². The number of thiazole rings is 1. The lowest BCUT2D eigenvalue weighted by atomic mass is 10.2. The highest BCUT2D eigenvalue weighted by atomic mass is 35.5. The van der Waals surface area contributed by atoms with Gasteiger partial charge in [0.25, 0.3) is 10.0 Å². The Balaban J connectivity index is 1.67. The van der Waals surface area contributed by atoms with Gasteiger partial charge in [-0.25, -0.2) is 13.4 Å². The predicted molar refractivity (Wildman–Crippen MR) is 141 cm³/mol. The molecule has 3 heterocycles. The first kappa shape index (κ1) is 25.5. The molecule has 34 heavy (non-hydrogen) atoms. The van der Waals surface area contributed by atoms with E-state index in [2.05, 4.69) is 24.8 Å². The Labute approximate surface area is 214 Å². The van der Waals surface area contributed by atoms with Gasteiger partial charge in [0, 0.05) is 19.6 Å². The highest BCUT2D eigenvalue weighted by molar-refractivity contribution is 7.91. The summed E-state index contributed by atoms with van der Waals surface area (Å²) < 4.78 is 29.6. The number of rotatable bonds is 9. The summed E-state index contributed by atoms with van der Waals surface area (Å²) in [5, 5.41) is 0.612. The molecule has 1 aromatic carbocycles. The van der Waals surface area contributed by atoms with Crippen molar-refractivity contribution >= 4 is 65.6 Å². The lowest BCUT2D eigenvalue weighted by Gasteiger charge is -2.29. The SMILES string of the molecule is CCN(CC)CCN(C(=O)C1CCCN1S(=O)(=O)c1ccc(Cl)s1)c1nc2ccc(C)cc2s1. The molecule has 1 fully saturated rings. The van der Waals surface area contributed by atoms with Gasteiger partial charge < -0.3 is 4.90 Å². The first-order valence-electron chi connectivity index (χ1n) is 11.4. The van der Waals surface area contributed by atoms with Gasteiger partial charge >= 0.3 is 0 Å². The number of aromatic nitrogens is 1. The fraction of sp³-hybridized carbons (Fsp3) is 0.478. The van der Waals surface area contributed by atoms with E-state index in [-0.39, 0.29) is 10.1 Å². The number of anilines is 1. The summed E-state index contributed by atoms with van der Waals surface area (Å²) in [5.74, 6) is -0.216. The summed E-state index contributed by atoms with van der Waals surface area (Å²) in [4.78, 5) is 22.6. The Bertz CT molecular complexity index is 1270. The van der Waals surface area contributed by atoms with Gasteiger partial charge in [-0.15, -0.1) is 11.3 Å². The van der Waals surface area contributed by atoms with E-state index in [0.717, 1.165) is 40.2 Å². The molecule has 4 rings (SSSR count). The first-order chi connectivity index (χ1) is 16.2. The summed E-state index contributed by atoms with van der Waals surface area (Å²) >= 11 is 8.49. The number of hydrogen-bond acceptors (Lipinski definition) is 7. The van der Waals surface area contributed by atoms with Crippen LogP contribution in [0.2, 0.25) is 4.34 Å². The summed E-state index contributed by atoms with van der Waals surface area (Å²) in [5.41, 5.74) is 1.97. The minimum absolute atomic E-state index is 0.169. The maximum atomic E-state index is 13.9. The van der Waals surface area contributed by atoms with E-state index in [1.807, 2.05) is 19.1 Å². The summed E-state index contributed by atoms with van der Waals surface area (Å²) in [6.45, 7) is 9.42. The average molecular weight is 541 g/mol. The molecule has 1 aliphatic heterocycles. The molecule has 0 saturated carbocycles. The van der Waals surface area contributed by atoms with Gasteiger partial charge in [-0.3, -0.25) is 9.69 Å². The number of carbonyl (C=O) groups is 1. The van der Waals surface area contributed by atoms with Crippen molar-refractivity contribution in [2.24, 2.45) is 0 Å². The van der Waals surface area contributed by atoms with Gasteiger partial charge in [-0.2, -0.15) is 4.31 Å². The largest absolute Gasteiger partial charge is 0.302 e. The van der Waals surface area contributed by atoms with Gasteiger partial charge in [0.15, 0.2) is 5.13 Å². The topological polar surface area (TPSA) is 73.8 Å². The second-order valence-corrected chi connectivity index (χ2v) is 13.2. The van der Waals surface area contributed by atoms with Crippen molar-refractivity contribution in [2.75, 3.05) is 37.6 Å². The highest BCUT2D eigenvalue weighted by Gasteiger charge is 2.42. The zero-order valence-electron chi connectivity index (χ0n) is 19.5. The Morgan fingerprint density at radius 3 is 2.62 bits per heavy atom. The lowest BCUT2D eigenvalue weighted by Crippen LogP contribution is -2.49. The average Bonchev–Trinajstić information content (AvgIpc) is 3.55. The smallest absolute Gasteiger partial charge is 0.253 e. The molecule has 3 aromatic rings. The van der Waals surface area contributed by atoms with Crippen molar-refractivity contribution in [1.29, 1.82) is 0 Å². The summed E-state index contributed by atoms with van der Waals surface area (Å²) in [6, 6.07) is 8.37. The number of thiophene rings is 1. The Hall–Kier alpha value is -1.56. The molecule has 0 N–H and O–H groups in total. The van der Waals surface area contributed by atoms with Crippen molar-refractivity contribution in [2.45, 2.75) is 43.9 Å². The van der Waals surface area contributed by atoms with Crippen LogP contribution in [0.25, 0.3) is 10.2 Å². The van der Waals surface area contributed by atoms with Gasteiger partial charge in [0.05, 0.1) is 14.6 Å². The molecule has 184 valence electrons. The lowest BCUT2D eigenvalue weighted by molar-refractivity contribution is -0.121. The van der Waals surface area contributed by atoms with E-state index in [4.69, 9.17) is 16.6 Å².